The summed E-state index contributed by atoms with van der Waals surface area (Å²) in [5, 5.41) is 12.5. The van der Waals surface area contributed by atoms with Crippen molar-refractivity contribution in [3.05, 3.63) is 35.9 Å². The number of amides is 2. The third kappa shape index (κ3) is 6.82. The summed E-state index contributed by atoms with van der Waals surface area (Å²) in [6.45, 7) is 4.33. The number of carbonyl (C=O) groups excluding carboxylic acids is 1. The Kier molecular flexibility index (Phi) is 5.83. The van der Waals surface area contributed by atoms with Crippen LogP contribution in [0.2, 0.25) is 0 Å². The summed E-state index contributed by atoms with van der Waals surface area (Å²) < 4.78 is 0. The van der Waals surface area contributed by atoms with Gasteiger partial charge in [-0.3, -0.25) is 0 Å². The topological polar surface area (TPSA) is 52.6 Å². The van der Waals surface area contributed by atoms with Gasteiger partial charge in [-0.25, -0.2) is 4.79 Å². The van der Waals surface area contributed by atoms with Crippen LogP contribution in [-0.4, -0.2) is 41.8 Å². The Morgan fingerprint density at radius 2 is 1.95 bits per heavy atom. The third-order valence-corrected chi connectivity index (χ3v) is 2.73. The largest absolute Gasteiger partial charge is 0.389 e. The number of urea groups is 1. The lowest BCUT2D eigenvalue weighted by Gasteiger charge is -2.25. The van der Waals surface area contributed by atoms with Crippen molar-refractivity contribution < 1.29 is 9.90 Å². The molecule has 0 radical (unpaired) electrons. The Bertz CT molecular complexity index is 385. The molecule has 0 spiro atoms. The lowest BCUT2D eigenvalue weighted by atomic mass is 10.1. The second kappa shape index (κ2) is 7.14. The van der Waals surface area contributed by atoms with Crippen molar-refractivity contribution in [2.24, 2.45) is 0 Å². The van der Waals surface area contributed by atoms with Crippen molar-refractivity contribution in [2.75, 3.05) is 20.1 Å². The standard InChI is InChI=1S/C15H24N2O2/c1-15(2,19)12-17(3)14(18)16-11-7-10-13-8-5-4-6-9-13/h4-6,8-9,19H,7,10-12H2,1-3H3,(H,16,18). The van der Waals surface area contributed by atoms with E-state index in [1.165, 1.54) is 10.5 Å². The Morgan fingerprint density at radius 3 is 2.53 bits per heavy atom. The quantitative estimate of drug-likeness (QED) is 0.772. The molecule has 4 nitrogen and oxygen atoms in total. The van der Waals surface area contributed by atoms with E-state index < -0.39 is 5.60 Å². The Balaban J connectivity index is 2.20. The molecule has 0 saturated heterocycles. The molecule has 0 bridgehead atoms. The normalized spacial score (nSPS) is 11.2. The SMILES string of the molecule is CN(CC(C)(C)O)C(=O)NCCCc1ccccc1. The second-order valence-corrected chi connectivity index (χ2v) is 5.49. The summed E-state index contributed by atoms with van der Waals surface area (Å²) in [7, 11) is 1.69. The fourth-order valence-corrected chi connectivity index (χ4v) is 1.92. The van der Waals surface area contributed by atoms with E-state index in [0.29, 0.717) is 13.1 Å². The zero-order valence-electron chi connectivity index (χ0n) is 12.0. The molecule has 0 fully saturated rings. The van der Waals surface area contributed by atoms with E-state index in [2.05, 4.69) is 17.4 Å². The Hall–Kier alpha value is -1.55. The number of likely N-dealkylation sites (N-methyl/N-ethyl adjacent to an activating group) is 1. The maximum Gasteiger partial charge on any atom is 0.317 e. The van der Waals surface area contributed by atoms with Crippen LogP contribution in [-0.2, 0) is 6.42 Å². The van der Waals surface area contributed by atoms with Crippen LogP contribution in [0.3, 0.4) is 0 Å². The van der Waals surface area contributed by atoms with Crippen molar-refractivity contribution in [2.45, 2.75) is 32.3 Å². The molecule has 19 heavy (non-hydrogen) atoms. The van der Waals surface area contributed by atoms with Gasteiger partial charge in [0.1, 0.15) is 0 Å². The molecule has 2 N–H and O–H groups in total. The van der Waals surface area contributed by atoms with Crippen LogP contribution in [0.1, 0.15) is 25.8 Å². The van der Waals surface area contributed by atoms with Gasteiger partial charge in [0.2, 0.25) is 0 Å². The molecule has 1 aromatic rings. The highest BCUT2D eigenvalue weighted by molar-refractivity contribution is 5.73. The van der Waals surface area contributed by atoms with Crippen LogP contribution in [0.4, 0.5) is 4.79 Å². The Labute approximate surface area is 115 Å². The first kappa shape index (κ1) is 15.5. The predicted octanol–water partition coefficient (Wildman–Crippen LogP) is 2.03. The number of aliphatic hydroxyl groups is 1. The summed E-state index contributed by atoms with van der Waals surface area (Å²) in [5.74, 6) is 0. The lowest BCUT2D eigenvalue weighted by molar-refractivity contribution is 0.0532. The molecule has 0 unspecified atom stereocenters. The van der Waals surface area contributed by atoms with E-state index in [9.17, 15) is 9.90 Å². The number of benzene rings is 1. The molecule has 0 atom stereocenters. The van der Waals surface area contributed by atoms with E-state index in [-0.39, 0.29) is 6.03 Å². The van der Waals surface area contributed by atoms with Crippen LogP contribution in [0, 0.1) is 0 Å². The predicted molar refractivity (Wildman–Crippen MR) is 77.1 cm³/mol. The van der Waals surface area contributed by atoms with E-state index in [0.717, 1.165) is 12.8 Å². The van der Waals surface area contributed by atoms with Gasteiger partial charge in [-0.2, -0.15) is 0 Å². The van der Waals surface area contributed by atoms with E-state index in [4.69, 9.17) is 0 Å². The second-order valence-electron chi connectivity index (χ2n) is 5.49. The summed E-state index contributed by atoms with van der Waals surface area (Å²) >= 11 is 0. The number of nitrogens with one attached hydrogen (secondary N) is 1. The first-order chi connectivity index (χ1) is 8.88. The first-order valence-electron chi connectivity index (χ1n) is 6.64. The van der Waals surface area contributed by atoms with E-state index >= 15 is 0 Å². The maximum absolute atomic E-state index is 11.7. The van der Waals surface area contributed by atoms with Crippen LogP contribution in [0.15, 0.2) is 30.3 Å². The number of hydrogen-bond donors (Lipinski definition) is 2. The fourth-order valence-electron chi connectivity index (χ4n) is 1.92. The summed E-state index contributed by atoms with van der Waals surface area (Å²) in [4.78, 5) is 13.2. The molecule has 0 aliphatic heterocycles. The minimum absolute atomic E-state index is 0.143. The average Bonchev–Trinajstić information content (AvgIpc) is 2.33. The number of rotatable bonds is 6. The van der Waals surface area contributed by atoms with Crippen LogP contribution in [0.25, 0.3) is 0 Å². The zero-order chi connectivity index (χ0) is 14.3. The Morgan fingerprint density at radius 1 is 1.32 bits per heavy atom. The van der Waals surface area contributed by atoms with Crippen LogP contribution >= 0.6 is 0 Å². The van der Waals surface area contributed by atoms with Gasteiger partial charge in [-0.15, -0.1) is 0 Å². The van der Waals surface area contributed by atoms with Crippen LogP contribution in [0.5, 0.6) is 0 Å². The van der Waals surface area contributed by atoms with Crippen molar-refractivity contribution in [3.8, 4) is 0 Å². The molecule has 106 valence electrons. The highest BCUT2D eigenvalue weighted by atomic mass is 16.3. The lowest BCUT2D eigenvalue weighted by Crippen LogP contribution is -2.44. The van der Waals surface area contributed by atoms with Gasteiger partial charge in [-0.1, -0.05) is 30.3 Å². The molecule has 1 rings (SSSR count). The number of carbonyl (C=O) groups is 1. The van der Waals surface area contributed by atoms with Crippen molar-refractivity contribution in [3.63, 3.8) is 0 Å². The van der Waals surface area contributed by atoms with Crippen molar-refractivity contribution >= 4 is 6.03 Å². The van der Waals surface area contributed by atoms with Gasteiger partial charge in [0.15, 0.2) is 0 Å². The molecule has 0 aromatic heterocycles. The molecule has 0 saturated carbocycles. The van der Waals surface area contributed by atoms with Gasteiger partial charge >= 0.3 is 6.03 Å². The maximum atomic E-state index is 11.7. The minimum Gasteiger partial charge on any atom is -0.389 e. The fraction of sp³-hybridized carbons (Fsp3) is 0.533. The summed E-state index contributed by atoms with van der Waals surface area (Å²) in [6.07, 6.45) is 1.86. The molecule has 4 heteroatoms. The highest BCUT2D eigenvalue weighted by Gasteiger charge is 2.18. The minimum atomic E-state index is -0.865. The van der Waals surface area contributed by atoms with Gasteiger partial charge in [0.05, 0.1) is 12.1 Å². The van der Waals surface area contributed by atoms with Gasteiger partial charge < -0.3 is 15.3 Å². The molecular formula is C15H24N2O2. The monoisotopic (exact) mass is 264 g/mol. The molecule has 1 aromatic carbocycles. The summed E-state index contributed by atoms with van der Waals surface area (Å²) in [5.41, 5.74) is 0.414. The third-order valence-electron chi connectivity index (χ3n) is 2.73. The summed E-state index contributed by atoms with van der Waals surface area (Å²) in [6, 6.07) is 10.1. The molecule has 0 aliphatic carbocycles. The molecule has 2 amide bonds. The van der Waals surface area contributed by atoms with Gasteiger partial charge in [0, 0.05) is 13.6 Å². The average molecular weight is 264 g/mol. The van der Waals surface area contributed by atoms with E-state index in [1.54, 1.807) is 20.9 Å². The molecular weight excluding hydrogens is 240 g/mol. The van der Waals surface area contributed by atoms with Gasteiger partial charge in [-0.05, 0) is 32.3 Å². The zero-order valence-corrected chi connectivity index (χ0v) is 12.0. The van der Waals surface area contributed by atoms with Crippen molar-refractivity contribution in [1.29, 1.82) is 0 Å². The van der Waals surface area contributed by atoms with Crippen molar-refractivity contribution in [1.82, 2.24) is 10.2 Å². The van der Waals surface area contributed by atoms with Gasteiger partial charge in [0.25, 0.3) is 0 Å². The molecule has 0 heterocycles. The van der Waals surface area contributed by atoms with E-state index in [1.807, 2.05) is 18.2 Å². The highest BCUT2D eigenvalue weighted by Crippen LogP contribution is 2.04. The first-order valence-corrected chi connectivity index (χ1v) is 6.64. The number of hydrogen-bond acceptors (Lipinski definition) is 2. The number of nitrogens with zero attached hydrogens (tertiary/aromatic N) is 1. The van der Waals surface area contributed by atoms with Crippen LogP contribution < -0.4 is 5.32 Å². The molecule has 0 aliphatic rings. The number of aryl methyl sites for hydroxylation is 1. The smallest absolute Gasteiger partial charge is 0.317 e.